The lowest BCUT2D eigenvalue weighted by atomic mass is 9.96. The van der Waals surface area contributed by atoms with Crippen LogP contribution in [0.3, 0.4) is 0 Å². The first-order valence-electron chi connectivity index (χ1n) is 5.55. The van der Waals surface area contributed by atoms with Gasteiger partial charge in [-0.05, 0) is 39.5 Å². The van der Waals surface area contributed by atoms with Gasteiger partial charge in [0.1, 0.15) is 0 Å². The Morgan fingerprint density at radius 1 is 1.56 bits per heavy atom. The Hall–Kier alpha value is -1.36. The van der Waals surface area contributed by atoms with E-state index in [-0.39, 0.29) is 5.91 Å². The van der Waals surface area contributed by atoms with Crippen molar-refractivity contribution in [1.29, 1.82) is 0 Å². The summed E-state index contributed by atoms with van der Waals surface area (Å²) in [6.07, 6.45) is 2.09. The number of aromatic amines is 1. The molecule has 1 saturated carbocycles. The first-order valence-corrected chi connectivity index (χ1v) is 5.55. The average Bonchev–Trinajstić information content (AvgIpc) is 3.01. The summed E-state index contributed by atoms with van der Waals surface area (Å²) < 4.78 is 0. The lowest BCUT2D eigenvalue weighted by molar-refractivity contribution is -0.121. The van der Waals surface area contributed by atoms with Crippen LogP contribution in [0.15, 0.2) is 0 Å². The van der Waals surface area contributed by atoms with Crippen molar-refractivity contribution >= 4 is 11.6 Å². The fraction of sp³-hybridized carbons (Fsp3) is 0.636. The van der Waals surface area contributed by atoms with Gasteiger partial charge in [-0.15, -0.1) is 0 Å². The highest BCUT2D eigenvalue weighted by atomic mass is 16.2. The van der Waals surface area contributed by atoms with E-state index in [2.05, 4.69) is 15.5 Å². The van der Waals surface area contributed by atoms with Crippen LogP contribution in [0.2, 0.25) is 0 Å². The highest BCUT2D eigenvalue weighted by Gasteiger charge is 2.44. The molecule has 0 spiro atoms. The standard InChI is InChI=1S/C11H18N4O/c1-6-9(7(2)15-14-6)13-10(16)11(3,12)8-4-5-8/h8H,4-5,12H2,1-3H3,(H,13,16)(H,14,15). The van der Waals surface area contributed by atoms with Crippen molar-refractivity contribution in [3.63, 3.8) is 0 Å². The third-order valence-corrected chi connectivity index (χ3v) is 3.28. The number of carbonyl (C=O) groups is 1. The predicted octanol–water partition coefficient (Wildman–Crippen LogP) is 1.09. The van der Waals surface area contributed by atoms with Crippen molar-refractivity contribution in [1.82, 2.24) is 10.2 Å². The molecular weight excluding hydrogens is 204 g/mol. The number of nitrogens with zero attached hydrogens (tertiary/aromatic N) is 1. The first-order chi connectivity index (χ1) is 7.43. The number of hydrogen-bond acceptors (Lipinski definition) is 3. The summed E-state index contributed by atoms with van der Waals surface area (Å²) in [5.41, 5.74) is 7.67. The molecule has 5 heteroatoms. The minimum Gasteiger partial charge on any atom is -0.321 e. The summed E-state index contributed by atoms with van der Waals surface area (Å²) in [4.78, 5) is 12.0. The van der Waals surface area contributed by atoms with Crippen molar-refractivity contribution in [3.8, 4) is 0 Å². The molecule has 0 aromatic carbocycles. The highest BCUT2D eigenvalue weighted by Crippen LogP contribution is 2.38. The molecule has 1 aromatic heterocycles. The van der Waals surface area contributed by atoms with Crippen molar-refractivity contribution in [2.75, 3.05) is 5.32 Å². The van der Waals surface area contributed by atoms with Gasteiger partial charge in [0.15, 0.2) is 0 Å². The van der Waals surface area contributed by atoms with E-state index in [0.717, 1.165) is 29.9 Å². The zero-order valence-electron chi connectivity index (χ0n) is 9.92. The fourth-order valence-electron chi connectivity index (χ4n) is 1.85. The van der Waals surface area contributed by atoms with Gasteiger partial charge >= 0.3 is 0 Å². The number of anilines is 1. The van der Waals surface area contributed by atoms with Crippen LogP contribution in [-0.2, 0) is 4.79 Å². The number of H-pyrrole nitrogens is 1. The van der Waals surface area contributed by atoms with Crippen LogP contribution in [0.25, 0.3) is 0 Å². The first kappa shape index (κ1) is 11.1. The van der Waals surface area contributed by atoms with E-state index in [9.17, 15) is 4.79 Å². The van der Waals surface area contributed by atoms with Gasteiger partial charge in [0.25, 0.3) is 0 Å². The maximum atomic E-state index is 12.0. The number of amides is 1. The Morgan fingerprint density at radius 2 is 2.19 bits per heavy atom. The van der Waals surface area contributed by atoms with Gasteiger partial charge in [-0.25, -0.2) is 0 Å². The van der Waals surface area contributed by atoms with Crippen LogP contribution < -0.4 is 11.1 Å². The molecule has 1 fully saturated rings. The quantitative estimate of drug-likeness (QED) is 0.715. The molecule has 1 heterocycles. The van der Waals surface area contributed by atoms with E-state index >= 15 is 0 Å². The second kappa shape index (κ2) is 3.59. The smallest absolute Gasteiger partial charge is 0.244 e. The zero-order chi connectivity index (χ0) is 11.9. The number of nitrogens with one attached hydrogen (secondary N) is 2. The van der Waals surface area contributed by atoms with Crippen LogP contribution in [-0.4, -0.2) is 21.6 Å². The molecule has 1 atom stereocenters. The highest BCUT2D eigenvalue weighted by molar-refractivity contribution is 5.98. The monoisotopic (exact) mass is 222 g/mol. The number of nitrogens with two attached hydrogens (primary N) is 1. The van der Waals surface area contributed by atoms with Crippen LogP contribution in [0, 0.1) is 19.8 Å². The van der Waals surface area contributed by atoms with Crippen molar-refractivity contribution in [3.05, 3.63) is 11.4 Å². The van der Waals surface area contributed by atoms with Crippen molar-refractivity contribution in [2.24, 2.45) is 11.7 Å². The molecule has 88 valence electrons. The predicted molar refractivity (Wildman–Crippen MR) is 62.0 cm³/mol. The molecule has 1 aromatic rings. The minimum atomic E-state index is -0.768. The van der Waals surface area contributed by atoms with Crippen molar-refractivity contribution < 1.29 is 4.79 Å². The second-order valence-corrected chi connectivity index (χ2v) is 4.82. The zero-order valence-corrected chi connectivity index (χ0v) is 9.92. The minimum absolute atomic E-state index is 0.123. The Bertz CT molecular complexity index is 398. The van der Waals surface area contributed by atoms with Crippen LogP contribution in [0.4, 0.5) is 5.69 Å². The average molecular weight is 222 g/mol. The maximum absolute atomic E-state index is 12.0. The second-order valence-electron chi connectivity index (χ2n) is 4.82. The summed E-state index contributed by atoms with van der Waals surface area (Å²) in [5.74, 6) is 0.197. The molecule has 2 rings (SSSR count). The molecule has 16 heavy (non-hydrogen) atoms. The van der Waals surface area contributed by atoms with Gasteiger partial charge in [-0.3, -0.25) is 9.89 Å². The molecule has 0 bridgehead atoms. The molecule has 4 N–H and O–H groups in total. The van der Waals surface area contributed by atoms with Crippen LogP contribution in [0.1, 0.15) is 31.2 Å². The Kier molecular flexibility index (Phi) is 2.50. The third-order valence-electron chi connectivity index (χ3n) is 3.28. The van der Waals surface area contributed by atoms with Gasteiger partial charge < -0.3 is 11.1 Å². The molecule has 1 amide bonds. The topological polar surface area (TPSA) is 83.8 Å². The number of rotatable bonds is 3. The SMILES string of the molecule is Cc1n[nH]c(C)c1NC(=O)C(C)(N)C1CC1. The summed E-state index contributed by atoms with van der Waals surface area (Å²) in [5, 5.41) is 9.73. The molecule has 0 radical (unpaired) electrons. The van der Waals surface area contributed by atoms with Gasteiger partial charge in [0.2, 0.25) is 5.91 Å². The van der Waals surface area contributed by atoms with Gasteiger partial charge in [0.05, 0.1) is 22.6 Å². The van der Waals surface area contributed by atoms with E-state index in [4.69, 9.17) is 5.73 Å². The number of hydrogen-bond donors (Lipinski definition) is 3. The Morgan fingerprint density at radius 3 is 2.62 bits per heavy atom. The summed E-state index contributed by atoms with van der Waals surface area (Å²) in [6, 6.07) is 0. The number of aromatic nitrogens is 2. The molecule has 0 saturated heterocycles. The number of carbonyl (C=O) groups excluding carboxylic acids is 1. The molecule has 0 aliphatic heterocycles. The largest absolute Gasteiger partial charge is 0.321 e. The van der Waals surface area contributed by atoms with E-state index in [1.54, 1.807) is 6.92 Å². The van der Waals surface area contributed by atoms with E-state index < -0.39 is 5.54 Å². The molecule has 1 aliphatic rings. The molecular formula is C11H18N4O. The summed E-state index contributed by atoms with van der Waals surface area (Å²) in [7, 11) is 0. The van der Waals surface area contributed by atoms with Crippen LogP contribution in [0.5, 0.6) is 0 Å². The summed E-state index contributed by atoms with van der Waals surface area (Å²) >= 11 is 0. The van der Waals surface area contributed by atoms with Gasteiger partial charge in [-0.1, -0.05) is 0 Å². The fourth-order valence-corrected chi connectivity index (χ4v) is 1.85. The molecule has 1 unspecified atom stereocenters. The summed E-state index contributed by atoms with van der Waals surface area (Å²) in [6.45, 7) is 5.52. The van der Waals surface area contributed by atoms with E-state index in [1.807, 2.05) is 13.8 Å². The van der Waals surface area contributed by atoms with Gasteiger partial charge in [-0.2, -0.15) is 5.10 Å². The maximum Gasteiger partial charge on any atom is 0.244 e. The Labute approximate surface area is 94.8 Å². The van der Waals surface area contributed by atoms with Crippen LogP contribution >= 0.6 is 0 Å². The molecule has 1 aliphatic carbocycles. The molecule has 5 nitrogen and oxygen atoms in total. The lowest BCUT2D eigenvalue weighted by Gasteiger charge is -2.23. The van der Waals surface area contributed by atoms with E-state index in [1.165, 1.54) is 0 Å². The van der Waals surface area contributed by atoms with Gasteiger partial charge in [0, 0.05) is 0 Å². The Balaban J connectivity index is 2.13. The lowest BCUT2D eigenvalue weighted by Crippen LogP contribution is -2.50. The van der Waals surface area contributed by atoms with E-state index in [0.29, 0.717) is 5.92 Å². The third kappa shape index (κ3) is 1.82. The van der Waals surface area contributed by atoms with Crippen molar-refractivity contribution in [2.45, 2.75) is 39.2 Å². The normalized spacial score (nSPS) is 19.2. The number of aryl methyl sites for hydroxylation is 2.